The summed E-state index contributed by atoms with van der Waals surface area (Å²) in [5, 5.41) is 16.7. The van der Waals surface area contributed by atoms with Gasteiger partial charge in [-0.25, -0.2) is 0 Å². The van der Waals surface area contributed by atoms with Gasteiger partial charge < -0.3 is 66.6 Å². The van der Waals surface area contributed by atoms with Gasteiger partial charge in [0.15, 0.2) is 0 Å². The Labute approximate surface area is 333 Å². The van der Waals surface area contributed by atoms with Crippen molar-refractivity contribution >= 4 is 41.0 Å². The Morgan fingerprint density at radius 2 is 0.660 bits per heavy atom. The van der Waals surface area contributed by atoms with Gasteiger partial charge >= 0.3 is 0 Å². The third-order valence-corrected chi connectivity index (χ3v) is 7.25. The van der Waals surface area contributed by atoms with Gasteiger partial charge in [-0.2, -0.15) is 0 Å². The van der Waals surface area contributed by atoms with Crippen molar-refractivity contribution in [2.75, 3.05) is 103 Å². The second-order valence-electron chi connectivity index (χ2n) is 14.2. The number of nitrogens with zero attached hydrogens (tertiary/aromatic N) is 3. The van der Waals surface area contributed by atoms with E-state index in [-0.39, 0.29) is 24.0 Å². The molecule has 0 saturated heterocycles. The molecule has 0 atom stereocenters. The maximum Gasteiger partial charge on any atom is 0.137 e. The molecule has 0 saturated carbocycles. The molecule has 284 valence electrons. The molecule has 0 aliphatic heterocycles. The van der Waals surface area contributed by atoms with Crippen molar-refractivity contribution in [3.05, 3.63) is 89.5 Å². The van der Waals surface area contributed by atoms with E-state index in [1.54, 1.807) is 0 Å². The van der Waals surface area contributed by atoms with Crippen LogP contribution in [0.3, 0.4) is 0 Å². The van der Waals surface area contributed by atoms with Crippen molar-refractivity contribution in [1.82, 2.24) is 0 Å². The lowest BCUT2D eigenvalue weighted by molar-refractivity contribution is -0.870. The highest BCUT2D eigenvalue weighted by atomic mass is 127. The van der Waals surface area contributed by atoms with Gasteiger partial charge in [0.2, 0.25) is 0 Å². The van der Waals surface area contributed by atoms with Gasteiger partial charge in [-0.05, 0) is 59.2 Å². The van der Waals surface area contributed by atoms with Crippen molar-refractivity contribution in [3.63, 3.8) is 0 Å². The summed E-state index contributed by atoms with van der Waals surface area (Å²) in [5.41, 5.74) is 3.36. The van der Waals surface area contributed by atoms with Gasteiger partial charge in [-0.15, -0.1) is 34.8 Å². The average molecular weight is 873 g/mol. The summed E-state index contributed by atoms with van der Waals surface area (Å²) in [4.78, 5) is 8.33. The molecule has 0 unspecified atom stereocenters. The van der Waals surface area contributed by atoms with E-state index in [0.717, 1.165) is 86.8 Å². The third-order valence-electron chi connectivity index (χ3n) is 6.33. The van der Waals surface area contributed by atoms with Gasteiger partial charge in [0.25, 0.3) is 0 Å². The lowest BCUT2D eigenvalue weighted by atomic mass is 10.2. The maximum absolute atomic E-state index is 8.33. The fraction of sp³-hybridized carbons (Fsp3) is 0.486. The van der Waals surface area contributed by atoms with Crippen molar-refractivity contribution in [2.45, 2.75) is 17.6 Å². The zero-order chi connectivity index (χ0) is 37.5. The van der Waals surface area contributed by atoms with Gasteiger partial charge in [0.05, 0.1) is 63.4 Å². The van der Waals surface area contributed by atoms with Gasteiger partial charge in [0.1, 0.15) is 56.7 Å². The molecule has 0 radical (unpaired) electrons. The third kappa shape index (κ3) is 30.6. The zero-order valence-electron chi connectivity index (χ0n) is 31.1. The molecular formula is C37H57Cl3IN3O6. The van der Waals surface area contributed by atoms with E-state index in [4.69, 9.17) is 64.0 Å². The summed E-state index contributed by atoms with van der Waals surface area (Å²) in [6.07, 6.45) is -2.33. The number of carbonyl (C=O) groups excluding carboxylic acids is 1. The number of benzene rings is 3. The predicted molar refractivity (Wildman–Crippen MR) is 199 cm³/mol. The smallest absolute Gasteiger partial charge is 0.137 e. The minimum Gasteiger partial charge on any atom is -1.00 e. The molecule has 50 heavy (non-hydrogen) atoms. The first-order valence-electron chi connectivity index (χ1n) is 15.9. The Hall–Kier alpha value is -2.19. The van der Waals surface area contributed by atoms with Gasteiger partial charge in [-0.1, -0.05) is 36.4 Å². The Bertz CT molecular complexity index is 1130. The fourth-order valence-corrected chi connectivity index (χ4v) is 3.87. The fourth-order valence-electron chi connectivity index (χ4n) is 3.34. The monoisotopic (exact) mass is 871 g/mol. The van der Waals surface area contributed by atoms with Crippen molar-refractivity contribution in [1.29, 1.82) is 0 Å². The Balaban J connectivity index is 0. The Morgan fingerprint density at radius 3 is 0.800 bits per heavy atom. The number of halogens is 4. The van der Waals surface area contributed by atoms with Crippen LogP contribution in [0.15, 0.2) is 72.8 Å². The number of ether oxygens (including phenoxy) is 3. The first-order chi connectivity index (χ1) is 22.8. The van der Waals surface area contributed by atoms with E-state index in [2.05, 4.69) is 63.4 Å². The highest BCUT2D eigenvalue weighted by Gasteiger charge is 2.08. The van der Waals surface area contributed by atoms with Crippen LogP contribution in [0.1, 0.15) is 16.7 Å². The molecule has 0 aliphatic carbocycles. The van der Waals surface area contributed by atoms with Crippen LogP contribution >= 0.6 is 34.8 Å². The summed E-state index contributed by atoms with van der Waals surface area (Å²) in [5.74, 6) is 4.41. The van der Waals surface area contributed by atoms with Crippen LogP contribution in [0.5, 0.6) is 17.2 Å². The molecule has 13 heteroatoms. The summed E-state index contributed by atoms with van der Waals surface area (Å²) >= 11 is 17.1. The molecule has 0 heterocycles. The molecule has 9 nitrogen and oxygen atoms in total. The van der Waals surface area contributed by atoms with Crippen molar-refractivity contribution < 1.29 is 66.6 Å². The molecule has 0 amide bonds. The van der Waals surface area contributed by atoms with E-state index in [1.807, 2.05) is 72.8 Å². The van der Waals surface area contributed by atoms with E-state index in [9.17, 15) is 0 Å². The van der Waals surface area contributed by atoms with Crippen LogP contribution in [-0.4, -0.2) is 122 Å². The average Bonchev–Trinajstić information content (AvgIpc) is 3.01. The number of hydrogen-bond donors (Lipinski definition) is 0. The van der Waals surface area contributed by atoms with Gasteiger partial charge in [0, 0.05) is 17.6 Å². The maximum atomic E-state index is 8.33. The Morgan fingerprint density at radius 1 is 0.480 bits per heavy atom. The van der Waals surface area contributed by atoms with E-state index >= 15 is 0 Å². The van der Waals surface area contributed by atoms with Crippen LogP contribution in [0.2, 0.25) is 0 Å². The number of likely N-dealkylation sites (N-methyl/N-ethyl adjacent to an activating group) is 3. The van der Waals surface area contributed by atoms with Gasteiger partial charge in [-0.3, -0.25) is 0 Å². The first kappa shape index (κ1) is 49.9. The number of carbonyl (C=O) groups is 1. The standard InChI is InChI=1S/3C12H19ClNO.CH2O3.HI/c3*1-14(2,3)8-9-15-12-6-4-11(10-13)5-7-12;2-1(3)4;/h3*4-7H,8-10H2,1-3H3;(H2,2,3,4);1H/q3*+1;;/p-3. The van der Waals surface area contributed by atoms with Crippen LogP contribution in [0.25, 0.3) is 0 Å². The van der Waals surface area contributed by atoms with Crippen LogP contribution in [0, 0.1) is 0 Å². The molecule has 0 bridgehead atoms. The van der Waals surface area contributed by atoms with E-state index in [1.165, 1.54) is 0 Å². The van der Waals surface area contributed by atoms with Crippen LogP contribution in [0.4, 0.5) is 4.79 Å². The number of carboxylic acid groups (broad SMARTS) is 2. The normalized spacial score (nSPS) is 10.8. The topological polar surface area (TPSA) is 90.9 Å². The molecule has 0 fully saturated rings. The molecule has 0 N–H and O–H groups in total. The highest BCUT2D eigenvalue weighted by Crippen LogP contribution is 2.15. The molecule has 3 aromatic carbocycles. The molecule has 0 aliphatic rings. The van der Waals surface area contributed by atoms with E-state index < -0.39 is 6.16 Å². The number of rotatable bonds is 15. The minimum absolute atomic E-state index is 0. The predicted octanol–water partition coefficient (Wildman–Crippen LogP) is 2.09. The summed E-state index contributed by atoms with van der Waals surface area (Å²) in [6, 6.07) is 23.8. The molecule has 3 aromatic rings. The first-order valence-corrected chi connectivity index (χ1v) is 17.5. The van der Waals surface area contributed by atoms with E-state index in [0.29, 0.717) is 17.6 Å². The molecule has 0 aromatic heterocycles. The molecule has 0 spiro atoms. The van der Waals surface area contributed by atoms with Crippen LogP contribution < -0.4 is 48.4 Å². The molecule has 3 rings (SSSR count). The largest absolute Gasteiger partial charge is 1.00 e. The number of alkyl halides is 3. The van der Waals surface area contributed by atoms with Crippen LogP contribution in [-0.2, 0) is 17.6 Å². The second kappa shape index (κ2) is 26.6. The molecular weight excluding hydrogens is 816 g/mol. The summed E-state index contributed by atoms with van der Waals surface area (Å²) < 4.78 is 19.6. The Kier molecular flexibility index (Phi) is 26.5. The second-order valence-corrected chi connectivity index (χ2v) is 15.0. The number of hydrogen-bond acceptors (Lipinski definition) is 6. The lowest BCUT2D eigenvalue weighted by Gasteiger charge is -2.23. The highest BCUT2D eigenvalue weighted by molar-refractivity contribution is 6.17. The minimum atomic E-state index is -2.33. The van der Waals surface area contributed by atoms with Crippen molar-refractivity contribution in [2.24, 2.45) is 0 Å². The zero-order valence-corrected chi connectivity index (χ0v) is 35.5. The SMILES string of the molecule is C[N+](C)(C)CCOc1ccc(CCl)cc1.C[N+](C)(C)CCOc1ccc(CCl)cc1.C[N+](C)(C)CCOc1ccc(CCl)cc1.O=C([O-])[O-].[I-]. The number of quaternary nitrogens is 3. The summed E-state index contributed by atoms with van der Waals surface area (Å²) in [6.45, 7) is 5.21. The lowest BCUT2D eigenvalue weighted by Crippen LogP contribution is -3.00. The van der Waals surface area contributed by atoms with Crippen molar-refractivity contribution in [3.8, 4) is 17.2 Å². The quantitative estimate of drug-likeness (QED) is 0.132. The summed E-state index contributed by atoms with van der Waals surface area (Å²) in [7, 11) is 19.4.